The first-order chi connectivity index (χ1) is 15.4. The van der Waals surface area contributed by atoms with Gasteiger partial charge in [-0.05, 0) is 24.3 Å². The number of sulfonamides is 1. The molecule has 2 aromatic heterocycles. The largest absolute Gasteiger partial charge is 0.420 e. The molecule has 0 atom stereocenters. The maximum absolute atomic E-state index is 13.2. The van der Waals surface area contributed by atoms with E-state index >= 15 is 0 Å². The van der Waals surface area contributed by atoms with E-state index in [1.165, 1.54) is 21.0 Å². The minimum Gasteiger partial charge on any atom is -0.408 e. The second-order valence-electron chi connectivity index (χ2n) is 7.54. The molecule has 1 aliphatic rings. The molecule has 0 unspecified atom stereocenters. The maximum atomic E-state index is 13.2. The van der Waals surface area contributed by atoms with Gasteiger partial charge >= 0.3 is 5.76 Å². The van der Waals surface area contributed by atoms with Crippen LogP contribution in [-0.4, -0.2) is 53.6 Å². The van der Waals surface area contributed by atoms with Gasteiger partial charge in [0, 0.05) is 44.9 Å². The molecule has 0 amide bonds. The van der Waals surface area contributed by atoms with Crippen LogP contribution in [0.3, 0.4) is 0 Å². The van der Waals surface area contributed by atoms with Gasteiger partial charge in [-0.15, -0.1) is 0 Å². The summed E-state index contributed by atoms with van der Waals surface area (Å²) >= 11 is 0. The summed E-state index contributed by atoms with van der Waals surface area (Å²) in [7, 11) is -3.72. The molecule has 11 heteroatoms. The van der Waals surface area contributed by atoms with Crippen LogP contribution in [0.15, 0.2) is 67.2 Å². The Bertz CT molecular complexity index is 1420. The molecule has 166 valence electrons. The first-order valence-corrected chi connectivity index (χ1v) is 11.6. The Morgan fingerprint density at radius 3 is 2.47 bits per heavy atom. The number of fused-ring (bicyclic) bond motifs is 1. The topological polar surface area (TPSA) is 115 Å². The van der Waals surface area contributed by atoms with Crippen molar-refractivity contribution in [1.82, 2.24) is 19.0 Å². The second kappa shape index (κ2) is 7.92. The third kappa shape index (κ3) is 3.69. The Labute approximate surface area is 183 Å². The molecule has 0 N–H and O–H groups in total. The van der Waals surface area contributed by atoms with E-state index in [4.69, 9.17) is 8.94 Å². The van der Waals surface area contributed by atoms with Gasteiger partial charge in [0.25, 0.3) is 0 Å². The van der Waals surface area contributed by atoms with Crippen molar-refractivity contribution in [2.45, 2.75) is 18.4 Å². The Morgan fingerprint density at radius 1 is 1.03 bits per heavy atom. The fraction of sp³-hybridized carbons (Fsp3) is 0.286. The Morgan fingerprint density at radius 2 is 1.78 bits per heavy atom. The third-order valence-corrected chi connectivity index (χ3v) is 7.40. The normalized spacial score (nSPS) is 15.5. The Hall–Kier alpha value is -3.44. The van der Waals surface area contributed by atoms with Crippen LogP contribution in [-0.2, 0) is 16.6 Å². The highest BCUT2D eigenvalue weighted by molar-refractivity contribution is 7.89. The molecule has 2 aromatic carbocycles. The molecule has 0 radical (unpaired) electrons. The fourth-order valence-corrected chi connectivity index (χ4v) is 5.32. The molecule has 10 nitrogen and oxygen atoms in total. The average Bonchev–Trinajstić information content (AvgIpc) is 3.36. The van der Waals surface area contributed by atoms with Crippen molar-refractivity contribution in [2.24, 2.45) is 0 Å². The highest BCUT2D eigenvalue weighted by atomic mass is 32.2. The molecule has 0 saturated carbocycles. The first-order valence-electron chi connectivity index (χ1n) is 10.1. The minimum atomic E-state index is -3.72. The predicted molar refractivity (Wildman–Crippen MR) is 116 cm³/mol. The van der Waals surface area contributed by atoms with Gasteiger partial charge in [-0.1, -0.05) is 23.4 Å². The summed E-state index contributed by atoms with van der Waals surface area (Å²) in [6.45, 7) is 3.66. The smallest absolute Gasteiger partial charge is 0.408 e. The molecule has 5 rings (SSSR count). The first kappa shape index (κ1) is 20.5. The lowest BCUT2D eigenvalue weighted by Crippen LogP contribution is -2.48. The van der Waals surface area contributed by atoms with Gasteiger partial charge in [-0.2, -0.15) is 9.29 Å². The van der Waals surface area contributed by atoms with Crippen molar-refractivity contribution >= 4 is 26.8 Å². The predicted octanol–water partition coefficient (Wildman–Crippen LogP) is 1.85. The zero-order valence-corrected chi connectivity index (χ0v) is 18.2. The summed E-state index contributed by atoms with van der Waals surface area (Å²) in [5.74, 6) is 0.107. The number of aryl methyl sites for hydroxylation is 1. The molecular weight excluding hydrogens is 434 g/mol. The summed E-state index contributed by atoms with van der Waals surface area (Å²) in [5.41, 5.74) is 1.73. The van der Waals surface area contributed by atoms with Crippen LogP contribution in [0.2, 0.25) is 0 Å². The molecule has 0 spiro atoms. The van der Waals surface area contributed by atoms with Crippen LogP contribution < -0.4 is 10.7 Å². The molecule has 1 fully saturated rings. The molecule has 0 aliphatic carbocycles. The number of anilines is 1. The lowest BCUT2D eigenvalue weighted by molar-refractivity contribution is 0.384. The summed E-state index contributed by atoms with van der Waals surface area (Å²) in [6, 6.07) is 14.4. The molecular formula is C21H21N5O5S. The summed E-state index contributed by atoms with van der Waals surface area (Å²) in [6.07, 6.45) is 0. The Balaban J connectivity index is 1.38. The van der Waals surface area contributed by atoms with Gasteiger partial charge in [-0.3, -0.25) is 4.57 Å². The zero-order valence-electron chi connectivity index (χ0n) is 17.3. The van der Waals surface area contributed by atoms with E-state index < -0.39 is 15.8 Å². The minimum absolute atomic E-state index is 0.0662. The number of para-hydroxylation sites is 1. The van der Waals surface area contributed by atoms with Crippen molar-refractivity contribution < 1.29 is 17.4 Å². The number of rotatable bonds is 5. The van der Waals surface area contributed by atoms with Gasteiger partial charge in [0.15, 0.2) is 11.4 Å². The molecule has 32 heavy (non-hydrogen) atoms. The fourth-order valence-electron chi connectivity index (χ4n) is 3.88. The lowest BCUT2D eigenvalue weighted by Gasteiger charge is -2.35. The lowest BCUT2D eigenvalue weighted by atomic mass is 10.2. The van der Waals surface area contributed by atoms with Gasteiger partial charge < -0.3 is 13.8 Å². The number of aromatic nitrogens is 3. The van der Waals surface area contributed by atoms with E-state index in [-0.39, 0.29) is 17.0 Å². The molecule has 1 saturated heterocycles. The number of piperazine rings is 1. The van der Waals surface area contributed by atoms with Crippen LogP contribution in [0.5, 0.6) is 0 Å². The number of nitrogens with zero attached hydrogens (tertiary/aromatic N) is 5. The average molecular weight is 455 g/mol. The van der Waals surface area contributed by atoms with Crippen molar-refractivity contribution in [1.29, 1.82) is 0 Å². The van der Waals surface area contributed by atoms with E-state index in [0.717, 1.165) is 5.69 Å². The van der Waals surface area contributed by atoms with E-state index in [9.17, 15) is 13.2 Å². The molecule has 1 aliphatic heterocycles. The molecule has 4 aromatic rings. The molecule has 0 bridgehead atoms. The summed E-state index contributed by atoms with van der Waals surface area (Å²) < 4.78 is 39.5. The van der Waals surface area contributed by atoms with Crippen LogP contribution in [0.4, 0.5) is 5.69 Å². The van der Waals surface area contributed by atoms with E-state index in [1.807, 2.05) is 30.3 Å². The number of oxazole rings is 1. The Kier molecular flexibility index (Phi) is 5.06. The quantitative estimate of drug-likeness (QED) is 0.448. The van der Waals surface area contributed by atoms with E-state index in [1.54, 1.807) is 13.0 Å². The number of benzene rings is 2. The van der Waals surface area contributed by atoms with Crippen molar-refractivity contribution in [2.75, 3.05) is 31.1 Å². The van der Waals surface area contributed by atoms with Crippen LogP contribution in [0.25, 0.3) is 11.1 Å². The summed E-state index contributed by atoms with van der Waals surface area (Å²) in [4.78, 5) is 18.7. The highest BCUT2D eigenvalue weighted by Crippen LogP contribution is 2.24. The standard InChI is InChI=1S/C21H21N5O5S/c1-15-22-20(23-31-15)14-26-18-8-7-17(13-19(18)30-21(26)27)32(28,29)25-11-9-24(10-12-25)16-5-3-2-4-6-16/h2-8,13H,9-12,14H2,1H3. The highest BCUT2D eigenvalue weighted by Gasteiger charge is 2.29. The van der Waals surface area contributed by atoms with Gasteiger partial charge in [0.2, 0.25) is 15.9 Å². The monoisotopic (exact) mass is 455 g/mol. The van der Waals surface area contributed by atoms with Gasteiger partial charge in [-0.25, -0.2) is 13.2 Å². The van der Waals surface area contributed by atoms with Crippen LogP contribution >= 0.6 is 0 Å². The number of hydrogen-bond acceptors (Lipinski definition) is 8. The third-order valence-electron chi connectivity index (χ3n) is 5.51. The SMILES string of the molecule is Cc1nc(Cn2c(=O)oc3cc(S(=O)(=O)N4CCN(c5ccccc5)CC4)ccc32)no1. The van der Waals surface area contributed by atoms with E-state index in [2.05, 4.69) is 15.0 Å². The van der Waals surface area contributed by atoms with E-state index in [0.29, 0.717) is 43.4 Å². The van der Waals surface area contributed by atoms with Gasteiger partial charge in [0.05, 0.1) is 17.0 Å². The van der Waals surface area contributed by atoms with Crippen molar-refractivity contribution in [3.8, 4) is 0 Å². The maximum Gasteiger partial charge on any atom is 0.420 e. The van der Waals surface area contributed by atoms with Crippen LogP contribution in [0, 0.1) is 6.92 Å². The second-order valence-corrected chi connectivity index (χ2v) is 9.48. The number of hydrogen-bond donors (Lipinski definition) is 0. The van der Waals surface area contributed by atoms with Crippen molar-refractivity contribution in [3.63, 3.8) is 0 Å². The van der Waals surface area contributed by atoms with Crippen molar-refractivity contribution in [3.05, 3.63) is 70.8 Å². The van der Waals surface area contributed by atoms with Gasteiger partial charge in [0.1, 0.15) is 0 Å². The van der Waals surface area contributed by atoms with Crippen LogP contribution in [0.1, 0.15) is 11.7 Å². The summed E-state index contributed by atoms with van der Waals surface area (Å²) in [5, 5.41) is 3.79. The zero-order chi connectivity index (χ0) is 22.3. The molecule has 3 heterocycles.